The van der Waals surface area contributed by atoms with Crippen LogP contribution in [0.3, 0.4) is 0 Å². The number of aliphatic hydroxyl groups is 1. The minimum Gasteiger partial charge on any atom is -0.481 e. The van der Waals surface area contributed by atoms with Gasteiger partial charge in [0, 0.05) is 17.3 Å². The van der Waals surface area contributed by atoms with E-state index in [1.54, 1.807) is 13.8 Å². The van der Waals surface area contributed by atoms with E-state index in [2.05, 4.69) is 40.7 Å². The molecule has 0 aromatic rings. The van der Waals surface area contributed by atoms with Gasteiger partial charge in [0.15, 0.2) is 0 Å². The molecular formula is C30H46F2O3. The fourth-order valence-corrected chi connectivity index (χ4v) is 10.7. The quantitative estimate of drug-likeness (QED) is 0.377. The Hall–Kier alpha value is -0.970. The first-order valence-electron chi connectivity index (χ1n) is 14.0. The van der Waals surface area contributed by atoms with Gasteiger partial charge in [-0.2, -0.15) is 0 Å². The van der Waals surface area contributed by atoms with Gasteiger partial charge in [0.2, 0.25) is 5.85 Å². The highest BCUT2D eigenvalue weighted by Crippen LogP contribution is 2.76. The lowest BCUT2D eigenvalue weighted by atomic mass is 9.33. The molecule has 0 spiro atoms. The Morgan fingerprint density at radius 2 is 1.66 bits per heavy atom. The van der Waals surface area contributed by atoms with Crippen molar-refractivity contribution in [3.8, 4) is 0 Å². The van der Waals surface area contributed by atoms with Crippen LogP contribution in [0.2, 0.25) is 0 Å². The van der Waals surface area contributed by atoms with E-state index >= 15 is 8.78 Å². The first kappa shape index (κ1) is 25.7. The third kappa shape index (κ3) is 2.83. The molecule has 0 bridgehead atoms. The lowest BCUT2D eigenvalue weighted by molar-refractivity contribution is -0.290. The molecule has 5 aliphatic rings. The Balaban J connectivity index is 1.65. The van der Waals surface area contributed by atoms with Crippen LogP contribution in [0.15, 0.2) is 11.6 Å². The average molecular weight is 493 g/mol. The third-order valence-corrected chi connectivity index (χ3v) is 13.6. The molecule has 0 aliphatic heterocycles. The fraction of sp³-hybridized carbons (Fsp3) is 0.900. The summed E-state index contributed by atoms with van der Waals surface area (Å²) in [6.07, 6.45) is 5.71. The molecule has 0 radical (unpaired) electrons. The van der Waals surface area contributed by atoms with Gasteiger partial charge in [0.05, 0.1) is 5.41 Å². The number of halogens is 2. The molecule has 3 nitrogen and oxygen atoms in total. The van der Waals surface area contributed by atoms with E-state index in [1.807, 2.05) is 0 Å². The van der Waals surface area contributed by atoms with E-state index in [0.29, 0.717) is 38.0 Å². The van der Waals surface area contributed by atoms with Crippen molar-refractivity contribution in [1.29, 1.82) is 0 Å². The third-order valence-electron chi connectivity index (χ3n) is 13.6. The van der Waals surface area contributed by atoms with Crippen LogP contribution in [0.5, 0.6) is 0 Å². The van der Waals surface area contributed by atoms with E-state index in [-0.39, 0.29) is 41.9 Å². The Labute approximate surface area is 210 Å². The summed E-state index contributed by atoms with van der Waals surface area (Å²) in [5, 5.41) is 21.1. The van der Waals surface area contributed by atoms with Gasteiger partial charge in [0.1, 0.15) is 6.17 Å². The van der Waals surface area contributed by atoms with Gasteiger partial charge < -0.3 is 10.2 Å². The standard InChI is InChI=1S/C30H46F2O3/c1-17-10-11-29(24(33)34)14-13-27(6)19(23(29)18(17)2)8-9-20-26(5)12-15-30(32,35)25(3,4)21(26)16-22(31)28(20,27)7/h8,17-18,20-23,35H,9-16H2,1-7H3,(H,33,34). The van der Waals surface area contributed by atoms with Crippen molar-refractivity contribution in [2.24, 2.45) is 56.7 Å². The lowest BCUT2D eigenvalue weighted by Gasteiger charge is -2.72. The second kappa shape index (κ2) is 7.32. The monoisotopic (exact) mass is 492 g/mol. The zero-order chi connectivity index (χ0) is 26.0. The molecule has 5 aliphatic carbocycles. The normalized spacial score (nSPS) is 57.1. The highest BCUT2D eigenvalue weighted by Gasteiger charge is 2.73. The van der Waals surface area contributed by atoms with Gasteiger partial charge in [-0.25, -0.2) is 8.78 Å². The Morgan fingerprint density at radius 3 is 2.29 bits per heavy atom. The maximum Gasteiger partial charge on any atom is 0.310 e. The van der Waals surface area contributed by atoms with E-state index in [1.165, 1.54) is 5.57 Å². The molecule has 4 saturated carbocycles. The van der Waals surface area contributed by atoms with Gasteiger partial charge >= 0.3 is 5.97 Å². The number of alkyl halides is 2. The number of carboxylic acid groups (broad SMARTS) is 1. The molecule has 0 aromatic carbocycles. The zero-order valence-electron chi connectivity index (χ0n) is 22.8. The Kier molecular flexibility index (Phi) is 5.37. The van der Waals surface area contributed by atoms with E-state index in [4.69, 9.17) is 0 Å². The molecular weight excluding hydrogens is 446 g/mol. The SMILES string of the molecule is CC1CCC2(C(=O)O)CCC3(C)C(=CCC4C5(C)CCC(O)(F)C(C)(C)C5CC(F)C43C)C2C1C. The number of fused-ring (bicyclic) bond motifs is 7. The number of aliphatic carboxylic acids is 1. The van der Waals surface area contributed by atoms with Crippen molar-refractivity contribution in [3.05, 3.63) is 11.6 Å². The molecule has 198 valence electrons. The molecule has 35 heavy (non-hydrogen) atoms. The molecule has 11 unspecified atom stereocenters. The summed E-state index contributed by atoms with van der Waals surface area (Å²) in [5.41, 5.74) is -1.91. The summed E-state index contributed by atoms with van der Waals surface area (Å²) in [7, 11) is 0. The number of hydrogen-bond acceptors (Lipinski definition) is 2. The summed E-state index contributed by atoms with van der Waals surface area (Å²) in [5.74, 6) is -2.56. The van der Waals surface area contributed by atoms with Crippen molar-refractivity contribution in [3.63, 3.8) is 0 Å². The molecule has 11 atom stereocenters. The molecule has 0 heterocycles. The topological polar surface area (TPSA) is 57.5 Å². The Morgan fingerprint density at radius 1 is 1.00 bits per heavy atom. The highest BCUT2D eigenvalue weighted by molar-refractivity contribution is 5.76. The van der Waals surface area contributed by atoms with Crippen LogP contribution in [-0.4, -0.2) is 28.2 Å². The highest BCUT2D eigenvalue weighted by atomic mass is 19.2. The van der Waals surface area contributed by atoms with Gasteiger partial charge in [-0.05, 0) is 85.4 Å². The fourth-order valence-electron chi connectivity index (χ4n) is 10.7. The summed E-state index contributed by atoms with van der Waals surface area (Å²) in [6, 6.07) is 0. The molecule has 5 heteroatoms. The number of rotatable bonds is 1. The van der Waals surface area contributed by atoms with Crippen LogP contribution in [0.1, 0.15) is 99.8 Å². The van der Waals surface area contributed by atoms with Crippen LogP contribution in [-0.2, 0) is 4.79 Å². The van der Waals surface area contributed by atoms with Crippen LogP contribution in [0.25, 0.3) is 0 Å². The molecule has 5 rings (SSSR count). The van der Waals surface area contributed by atoms with Crippen molar-refractivity contribution in [1.82, 2.24) is 0 Å². The molecule has 2 N–H and O–H groups in total. The molecule has 0 amide bonds. The van der Waals surface area contributed by atoms with Crippen LogP contribution in [0, 0.1) is 56.7 Å². The molecule has 0 saturated heterocycles. The summed E-state index contributed by atoms with van der Waals surface area (Å²) < 4.78 is 32.1. The van der Waals surface area contributed by atoms with Crippen LogP contribution < -0.4 is 0 Å². The predicted octanol–water partition coefficient (Wildman–Crippen LogP) is 7.33. The zero-order valence-corrected chi connectivity index (χ0v) is 22.8. The largest absolute Gasteiger partial charge is 0.481 e. The number of carbonyl (C=O) groups is 1. The van der Waals surface area contributed by atoms with Gasteiger partial charge in [-0.3, -0.25) is 4.79 Å². The summed E-state index contributed by atoms with van der Waals surface area (Å²) >= 11 is 0. The molecule has 4 fully saturated rings. The number of hydrogen-bond donors (Lipinski definition) is 2. The first-order chi connectivity index (χ1) is 16.0. The number of allylic oxidation sites excluding steroid dienone is 2. The summed E-state index contributed by atoms with van der Waals surface area (Å²) in [6.45, 7) is 14.6. The second-order valence-electron chi connectivity index (χ2n) is 14.6. The van der Waals surface area contributed by atoms with Gasteiger partial charge in [-0.15, -0.1) is 0 Å². The van der Waals surface area contributed by atoms with Crippen molar-refractivity contribution < 1.29 is 23.8 Å². The second-order valence-corrected chi connectivity index (χ2v) is 14.6. The van der Waals surface area contributed by atoms with Crippen molar-refractivity contribution >= 4 is 5.97 Å². The maximum absolute atomic E-state index is 16.8. The molecule has 0 aromatic heterocycles. The minimum atomic E-state index is -2.29. The average Bonchev–Trinajstić information content (AvgIpc) is 2.77. The Bertz CT molecular complexity index is 957. The minimum absolute atomic E-state index is 0.0292. The van der Waals surface area contributed by atoms with E-state index in [9.17, 15) is 15.0 Å². The van der Waals surface area contributed by atoms with E-state index < -0.39 is 39.7 Å². The number of carboxylic acids is 1. The van der Waals surface area contributed by atoms with Gasteiger partial charge in [-0.1, -0.05) is 60.1 Å². The van der Waals surface area contributed by atoms with Crippen molar-refractivity contribution in [2.75, 3.05) is 0 Å². The smallest absolute Gasteiger partial charge is 0.310 e. The van der Waals surface area contributed by atoms with Crippen LogP contribution in [0.4, 0.5) is 8.78 Å². The van der Waals surface area contributed by atoms with Gasteiger partial charge in [0.25, 0.3) is 0 Å². The van der Waals surface area contributed by atoms with Crippen LogP contribution >= 0.6 is 0 Å². The lowest BCUT2D eigenvalue weighted by Crippen LogP contribution is -2.69. The maximum atomic E-state index is 16.8. The predicted molar refractivity (Wildman–Crippen MR) is 133 cm³/mol. The summed E-state index contributed by atoms with van der Waals surface area (Å²) in [4.78, 5) is 12.8. The van der Waals surface area contributed by atoms with E-state index in [0.717, 1.165) is 6.42 Å². The van der Waals surface area contributed by atoms with Crippen molar-refractivity contribution in [2.45, 2.75) is 112 Å². The first-order valence-corrected chi connectivity index (χ1v) is 14.0.